The molecular formula is C15H19F3N2O4. The molecule has 1 aromatic carbocycles. The van der Waals surface area contributed by atoms with Crippen molar-refractivity contribution < 1.29 is 32.2 Å². The molecule has 0 aliphatic carbocycles. The van der Waals surface area contributed by atoms with Crippen molar-refractivity contribution in [3.63, 3.8) is 0 Å². The van der Waals surface area contributed by atoms with Gasteiger partial charge in [-0.05, 0) is 32.9 Å². The van der Waals surface area contributed by atoms with Crippen LogP contribution in [0.15, 0.2) is 24.3 Å². The number of alkyl halides is 3. The minimum absolute atomic E-state index is 0.0273. The molecule has 0 bridgehead atoms. The number of rotatable bonds is 5. The average molecular weight is 348 g/mol. The summed E-state index contributed by atoms with van der Waals surface area (Å²) in [5.74, 6) is -0.914. The van der Waals surface area contributed by atoms with Crippen molar-refractivity contribution in [1.29, 1.82) is 0 Å². The van der Waals surface area contributed by atoms with Gasteiger partial charge in [0.25, 0.3) is 0 Å². The van der Waals surface area contributed by atoms with E-state index in [9.17, 15) is 22.8 Å². The van der Waals surface area contributed by atoms with Gasteiger partial charge in [0.2, 0.25) is 5.91 Å². The molecule has 24 heavy (non-hydrogen) atoms. The maximum absolute atomic E-state index is 12.1. The Hall–Kier alpha value is -2.45. The fourth-order valence-electron chi connectivity index (χ4n) is 1.59. The van der Waals surface area contributed by atoms with Gasteiger partial charge in [0.05, 0.1) is 0 Å². The van der Waals surface area contributed by atoms with Crippen LogP contribution in [0.1, 0.15) is 27.2 Å². The van der Waals surface area contributed by atoms with E-state index < -0.39 is 29.7 Å². The first-order chi connectivity index (χ1) is 10.9. The molecule has 0 unspecified atom stereocenters. The second-order valence-electron chi connectivity index (χ2n) is 5.80. The zero-order chi connectivity index (χ0) is 18.4. The Morgan fingerprint density at radius 2 is 1.83 bits per heavy atom. The quantitative estimate of drug-likeness (QED) is 0.855. The van der Waals surface area contributed by atoms with Crippen molar-refractivity contribution >= 4 is 17.7 Å². The molecule has 0 atom stereocenters. The maximum Gasteiger partial charge on any atom is 0.573 e. The van der Waals surface area contributed by atoms with Gasteiger partial charge < -0.3 is 20.1 Å². The number of hydrogen-bond donors (Lipinski definition) is 2. The van der Waals surface area contributed by atoms with Crippen LogP contribution in [0.4, 0.5) is 23.7 Å². The number of alkyl carbamates (subject to hydrolysis) is 1. The molecule has 0 fully saturated rings. The molecule has 2 amide bonds. The van der Waals surface area contributed by atoms with Crippen LogP contribution in [0.5, 0.6) is 5.75 Å². The Bertz CT molecular complexity index is 583. The minimum atomic E-state index is -4.81. The molecular weight excluding hydrogens is 329 g/mol. The summed E-state index contributed by atoms with van der Waals surface area (Å²) in [6, 6.07) is 4.90. The van der Waals surface area contributed by atoms with Crippen LogP contribution < -0.4 is 15.4 Å². The van der Waals surface area contributed by atoms with Gasteiger partial charge in [-0.3, -0.25) is 4.79 Å². The summed E-state index contributed by atoms with van der Waals surface area (Å²) < 4.78 is 45.2. The van der Waals surface area contributed by atoms with Crippen LogP contribution in [-0.2, 0) is 9.53 Å². The number of anilines is 1. The number of amides is 2. The Labute approximate surface area is 137 Å². The highest BCUT2D eigenvalue weighted by molar-refractivity contribution is 5.91. The van der Waals surface area contributed by atoms with Crippen LogP contribution in [0.3, 0.4) is 0 Å². The van der Waals surface area contributed by atoms with Crippen molar-refractivity contribution in [2.24, 2.45) is 0 Å². The Balaban J connectivity index is 2.43. The molecule has 0 saturated heterocycles. The summed E-state index contributed by atoms with van der Waals surface area (Å²) in [6.07, 6.45) is -5.53. The second-order valence-corrected chi connectivity index (χ2v) is 5.80. The number of halogens is 3. The SMILES string of the molecule is CC(C)(C)OC(=O)NCCC(=O)Nc1cccc(OC(F)(F)F)c1. The normalized spacial score (nSPS) is 11.6. The number of benzene rings is 1. The molecule has 0 aliphatic heterocycles. The monoisotopic (exact) mass is 348 g/mol. The van der Waals surface area contributed by atoms with Crippen molar-refractivity contribution in [3.05, 3.63) is 24.3 Å². The lowest BCUT2D eigenvalue weighted by atomic mass is 10.2. The van der Waals surface area contributed by atoms with E-state index in [-0.39, 0.29) is 18.7 Å². The van der Waals surface area contributed by atoms with Gasteiger partial charge in [0.1, 0.15) is 11.4 Å². The van der Waals surface area contributed by atoms with Crippen molar-refractivity contribution in [3.8, 4) is 5.75 Å². The summed E-state index contributed by atoms with van der Waals surface area (Å²) >= 11 is 0. The molecule has 0 spiro atoms. The lowest BCUT2D eigenvalue weighted by Gasteiger charge is -2.19. The Morgan fingerprint density at radius 3 is 2.42 bits per heavy atom. The first kappa shape index (κ1) is 19.6. The number of nitrogens with one attached hydrogen (secondary N) is 2. The summed E-state index contributed by atoms with van der Waals surface area (Å²) in [5, 5.41) is 4.81. The maximum atomic E-state index is 12.1. The summed E-state index contributed by atoms with van der Waals surface area (Å²) in [4.78, 5) is 23.1. The zero-order valence-electron chi connectivity index (χ0n) is 13.5. The molecule has 9 heteroatoms. The highest BCUT2D eigenvalue weighted by Crippen LogP contribution is 2.25. The van der Waals surface area contributed by atoms with E-state index in [0.717, 1.165) is 12.1 Å². The van der Waals surface area contributed by atoms with Crippen LogP contribution in [0.25, 0.3) is 0 Å². The average Bonchev–Trinajstić information content (AvgIpc) is 2.34. The predicted octanol–water partition coefficient (Wildman–Crippen LogP) is 3.44. The van der Waals surface area contributed by atoms with Crippen molar-refractivity contribution in [1.82, 2.24) is 5.32 Å². The molecule has 134 valence electrons. The highest BCUT2D eigenvalue weighted by Gasteiger charge is 2.31. The summed E-state index contributed by atoms with van der Waals surface area (Å²) in [6.45, 7) is 5.14. The number of ether oxygens (including phenoxy) is 2. The number of carbonyl (C=O) groups is 2. The minimum Gasteiger partial charge on any atom is -0.444 e. The lowest BCUT2D eigenvalue weighted by Crippen LogP contribution is -2.34. The van der Waals surface area contributed by atoms with Crippen molar-refractivity contribution in [2.75, 3.05) is 11.9 Å². The molecule has 1 rings (SSSR count). The number of carbonyl (C=O) groups excluding carboxylic acids is 2. The van der Waals surface area contributed by atoms with E-state index >= 15 is 0 Å². The van der Waals surface area contributed by atoms with E-state index in [0.29, 0.717) is 0 Å². The molecule has 1 aromatic rings. The molecule has 0 aliphatic rings. The van der Waals surface area contributed by atoms with Gasteiger partial charge in [0, 0.05) is 24.7 Å². The fraction of sp³-hybridized carbons (Fsp3) is 0.467. The van der Waals surface area contributed by atoms with Gasteiger partial charge in [0.15, 0.2) is 0 Å². The van der Waals surface area contributed by atoms with E-state index in [2.05, 4.69) is 15.4 Å². The lowest BCUT2D eigenvalue weighted by molar-refractivity contribution is -0.274. The predicted molar refractivity (Wildman–Crippen MR) is 80.6 cm³/mol. The van der Waals surface area contributed by atoms with Crippen molar-refractivity contribution in [2.45, 2.75) is 39.2 Å². The van der Waals surface area contributed by atoms with Crippen LogP contribution in [0, 0.1) is 0 Å². The van der Waals surface area contributed by atoms with Gasteiger partial charge in [-0.15, -0.1) is 13.2 Å². The molecule has 0 radical (unpaired) electrons. The van der Waals surface area contributed by atoms with Gasteiger partial charge in [-0.1, -0.05) is 6.07 Å². The fourth-order valence-corrected chi connectivity index (χ4v) is 1.59. The molecule has 6 nitrogen and oxygen atoms in total. The molecule has 2 N–H and O–H groups in total. The first-order valence-electron chi connectivity index (χ1n) is 7.07. The third-order valence-corrected chi connectivity index (χ3v) is 2.37. The largest absolute Gasteiger partial charge is 0.573 e. The Kier molecular flexibility index (Phi) is 6.44. The van der Waals surface area contributed by atoms with E-state index in [1.165, 1.54) is 12.1 Å². The smallest absolute Gasteiger partial charge is 0.444 e. The van der Waals surface area contributed by atoms with Gasteiger partial charge in [-0.2, -0.15) is 0 Å². The zero-order valence-corrected chi connectivity index (χ0v) is 13.5. The van der Waals surface area contributed by atoms with E-state index in [1.54, 1.807) is 20.8 Å². The van der Waals surface area contributed by atoms with Crippen LogP contribution in [-0.4, -0.2) is 30.5 Å². The van der Waals surface area contributed by atoms with E-state index in [4.69, 9.17) is 4.74 Å². The van der Waals surface area contributed by atoms with Crippen LogP contribution >= 0.6 is 0 Å². The van der Waals surface area contributed by atoms with E-state index in [1.807, 2.05) is 0 Å². The molecule has 0 heterocycles. The number of hydrogen-bond acceptors (Lipinski definition) is 4. The standard InChI is InChI=1S/C15H19F3N2O4/c1-14(2,3)24-13(22)19-8-7-12(21)20-10-5-4-6-11(9-10)23-15(16,17)18/h4-6,9H,7-8H2,1-3H3,(H,19,22)(H,20,21). The molecule has 0 aromatic heterocycles. The summed E-state index contributed by atoms with van der Waals surface area (Å²) in [7, 11) is 0. The highest BCUT2D eigenvalue weighted by atomic mass is 19.4. The second kappa shape index (κ2) is 7.89. The third kappa shape index (κ3) is 8.86. The van der Waals surface area contributed by atoms with Gasteiger partial charge >= 0.3 is 12.5 Å². The van der Waals surface area contributed by atoms with Crippen LogP contribution in [0.2, 0.25) is 0 Å². The Morgan fingerprint density at radius 1 is 1.17 bits per heavy atom. The topological polar surface area (TPSA) is 76.7 Å². The molecule has 0 saturated carbocycles. The first-order valence-corrected chi connectivity index (χ1v) is 7.07. The van der Waals surface area contributed by atoms with Gasteiger partial charge in [-0.25, -0.2) is 4.79 Å². The summed E-state index contributed by atoms with van der Waals surface area (Å²) in [5.41, 5.74) is -0.496. The third-order valence-electron chi connectivity index (χ3n) is 2.37.